The van der Waals surface area contributed by atoms with Crippen LogP contribution in [0, 0.1) is 5.92 Å². The van der Waals surface area contributed by atoms with Crippen molar-refractivity contribution in [1.82, 2.24) is 14.8 Å². The largest absolute Gasteiger partial charge is 0.294 e. The van der Waals surface area contributed by atoms with Gasteiger partial charge in [0.1, 0.15) is 5.69 Å². The molecule has 1 atom stereocenters. The van der Waals surface area contributed by atoms with Crippen LogP contribution in [0.2, 0.25) is 0 Å². The van der Waals surface area contributed by atoms with Gasteiger partial charge in [-0.05, 0) is 53.3 Å². The Hall–Kier alpha value is -3.93. The van der Waals surface area contributed by atoms with Crippen LogP contribution in [-0.4, -0.2) is 32.1 Å². The number of aryl methyl sites for hydroxylation is 2. The molecule has 0 radical (unpaired) electrons. The molecule has 0 spiro atoms. The van der Waals surface area contributed by atoms with Gasteiger partial charge in [-0.1, -0.05) is 30.4 Å². The number of rotatable bonds is 0. The van der Waals surface area contributed by atoms with E-state index in [-0.39, 0.29) is 36.1 Å². The molecule has 2 heterocycles. The van der Waals surface area contributed by atoms with E-state index >= 15 is 0 Å². The van der Waals surface area contributed by atoms with Crippen LogP contribution < -0.4 is 0 Å². The van der Waals surface area contributed by atoms with Crippen molar-refractivity contribution < 1.29 is 14.4 Å². The highest BCUT2D eigenvalue weighted by molar-refractivity contribution is 6.02. The molecule has 6 nitrogen and oxygen atoms in total. The van der Waals surface area contributed by atoms with E-state index in [0.717, 1.165) is 22.3 Å². The minimum atomic E-state index is -0.304. The first-order chi connectivity index (χ1) is 16.0. The van der Waals surface area contributed by atoms with Crippen molar-refractivity contribution in [3.63, 3.8) is 0 Å². The lowest BCUT2D eigenvalue weighted by atomic mass is 9.86. The summed E-state index contributed by atoms with van der Waals surface area (Å²) in [6.45, 7) is 0. The van der Waals surface area contributed by atoms with Gasteiger partial charge >= 0.3 is 0 Å². The van der Waals surface area contributed by atoms with E-state index in [0.29, 0.717) is 29.7 Å². The van der Waals surface area contributed by atoms with Crippen molar-refractivity contribution in [2.45, 2.75) is 25.7 Å². The molecule has 6 bridgehead atoms. The van der Waals surface area contributed by atoms with Gasteiger partial charge in [-0.2, -0.15) is 5.10 Å². The molecular weight excluding hydrogens is 414 g/mol. The Labute approximate surface area is 191 Å². The molecule has 0 N–H and O–H groups in total. The third-order valence-electron chi connectivity index (χ3n) is 6.17. The molecule has 2 aliphatic carbocycles. The lowest BCUT2D eigenvalue weighted by Crippen LogP contribution is -2.16. The van der Waals surface area contributed by atoms with E-state index in [1.165, 1.54) is 0 Å². The minimum absolute atomic E-state index is 0.0445. The fourth-order valence-corrected chi connectivity index (χ4v) is 4.46. The van der Waals surface area contributed by atoms with E-state index in [2.05, 4.69) is 10.1 Å². The molecule has 0 saturated carbocycles. The van der Waals surface area contributed by atoms with Crippen LogP contribution in [0.1, 0.15) is 49.5 Å². The normalized spacial score (nSPS) is 18.5. The van der Waals surface area contributed by atoms with Crippen LogP contribution >= 0.6 is 0 Å². The van der Waals surface area contributed by atoms with Gasteiger partial charge in [-0.25, -0.2) is 0 Å². The van der Waals surface area contributed by atoms with E-state index in [1.54, 1.807) is 42.5 Å². The Morgan fingerprint density at radius 1 is 0.939 bits per heavy atom. The van der Waals surface area contributed by atoms with Crippen LogP contribution in [0.25, 0.3) is 5.57 Å². The monoisotopic (exact) mass is 437 g/mol. The molecule has 0 aliphatic heterocycles. The van der Waals surface area contributed by atoms with Gasteiger partial charge in [0.05, 0.1) is 0 Å². The standard InChI is InChI=1S/C27H23N3O3/c1-30-16-23-13-26(33)20-4-2-3-17(9-20)10-21-12-19(6-8-24(21)31)22-11-18(14-28-15-22)5-7-25(32)27(23)29-30/h2-4,6,8-9,11-12,14-16,21H,5,7,10,13H2,1H3. The molecule has 1 unspecified atom stereocenters. The van der Waals surface area contributed by atoms with Gasteiger partial charge < -0.3 is 0 Å². The topological polar surface area (TPSA) is 81.9 Å². The fraction of sp³-hybridized carbons (Fsp3) is 0.222. The molecule has 0 amide bonds. The number of hydrogen-bond donors (Lipinski definition) is 0. The number of benzene rings is 1. The average Bonchev–Trinajstić information content (AvgIpc) is 3.18. The van der Waals surface area contributed by atoms with Gasteiger partial charge in [0.15, 0.2) is 17.3 Å². The second-order valence-electron chi connectivity index (χ2n) is 8.65. The zero-order valence-corrected chi connectivity index (χ0v) is 18.3. The molecule has 5 rings (SSSR count). The summed E-state index contributed by atoms with van der Waals surface area (Å²) in [5, 5.41) is 4.34. The lowest BCUT2D eigenvalue weighted by molar-refractivity contribution is -0.116. The maximum Gasteiger partial charge on any atom is 0.183 e. The summed E-state index contributed by atoms with van der Waals surface area (Å²) in [6.07, 6.45) is 12.1. The highest BCUT2D eigenvalue weighted by atomic mass is 16.1. The van der Waals surface area contributed by atoms with Crippen molar-refractivity contribution >= 4 is 22.9 Å². The predicted octanol–water partition coefficient (Wildman–Crippen LogP) is 3.75. The highest BCUT2D eigenvalue weighted by Crippen LogP contribution is 2.27. The van der Waals surface area contributed by atoms with E-state index in [9.17, 15) is 14.4 Å². The number of ketones is 3. The van der Waals surface area contributed by atoms with E-state index in [4.69, 9.17) is 0 Å². The first kappa shape index (κ1) is 20.9. The Kier molecular flexibility index (Phi) is 5.42. The third-order valence-corrected chi connectivity index (χ3v) is 6.17. The fourth-order valence-electron chi connectivity index (χ4n) is 4.46. The molecular formula is C27H23N3O3. The van der Waals surface area contributed by atoms with Crippen molar-refractivity contribution in [1.29, 1.82) is 0 Å². The van der Waals surface area contributed by atoms with Crippen molar-refractivity contribution in [2.75, 3.05) is 0 Å². The van der Waals surface area contributed by atoms with Crippen molar-refractivity contribution in [3.05, 3.63) is 101 Å². The summed E-state index contributed by atoms with van der Waals surface area (Å²) in [7, 11) is 1.75. The number of aromatic nitrogens is 3. The Morgan fingerprint density at radius 3 is 2.67 bits per heavy atom. The number of Topliss-reactive ketones (excluding diaryl/α,β-unsaturated/α-hetero) is 2. The number of carbonyl (C=O) groups excluding carboxylic acids is 3. The molecule has 0 fully saturated rings. The van der Waals surface area contributed by atoms with E-state index < -0.39 is 0 Å². The number of allylic oxidation sites excluding steroid dienone is 4. The summed E-state index contributed by atoms with van der Waals surface area (Å²) in [5.74, 6) is -0.432. The summed E-state index contributed by atoms with van der Waals surface area (Å²) in [4.78, 5) is 43.0. The van der Waals surface area contributed by atoms with Gasteiger partial charge in [0.25, 0.3) is 0 Å². The molecule has 1 aromatic carbocycles. The van der Waals surface area contributed by atoms with Gasteiger partial charge in [-0.3, -0.25) is 24.0 Å². The summed E-state index contributed by atoms with van der Waals surface area (Å²) in [6, 6.07) is 9.42. The molecule has 2 aliphatic rings. The molecule has 6 heteroatoms. The van der Waals surface area contributed by atoms with Crippen LogP contribution in [0.3, 0.4) is 0 Å². The Morgan fingerprint density at radius 2 is 1.79 bits per heavy atom. The lowest BCUT2D eigenvalue weighted by Gasteiger charge is -2.17. The van der Waals surface area contributed by atoms with Crippen molar-refractivity contribution in [3.8, 4) is 0 Å². The average molecular weight is 437 g/mol. The predicted molar refractivity (Wildman–Crippen MR) is 124 cm³/mol. The minimum Gasteiger partial charge on any atom is -0.294 e. The van der Waals surface area contributed by atoms with Gasteiger partial charge in [0.2, 0.25) is 0 Å². The molecule has 3 aromatic rings. The molecule has 0 saturated heterocycles. The third kappa shape index (κ3) is 4.37. The summed E-state index contributed by atoms with van der Waals surface area (Å²) >= 11 is 0. The SMILES string of the molecule is Cn1cc2c(n1)C(=O)CCc1cncc(c1)C1=CC(Cc3cccc(c3)C(=O)C2)C(=O)C=C1. The number of nitrogens with zero attached hydrogens (tertiary/aromatic N) is 3. The maximum absolute atomic E-state index is 13.1. The van der Waals surface area contributed by atoms with Crippen LogP contribution in [0.15, 0.2) is 67.2 Å². The molecule has 164 valence electrons. The summed E-state index contributed by atoms with van der Waals surface area (Å²) in [5.41, 5.74) is 5.26. The highest BCUT2D eigenvalue weighted by Gasteiger charge is 2.22. The summed E-state index contributed by atoms with van der Waals surface area (Å²) < 4.78 is 1.58. The smallest absolute Gasteiger partial charge is 0.183 e. The van der Waals surface area contributed by atoms with E-state index in [1.807, 2.05) is 36.4 Å². The second kappa shape index (κ2) is 8.54. The van der Waals surface area contributed by atoms with Crippen LogP contribution in [0.5, 0.6) is 0 Å². The maximum atomic E-state index is 13.1. The number of pyridine rings is 1. The Bertz CT molecular complexity index is 1350. The first-order valence-corrected chi connectivity index (χ1v) is 11.0. The first-order valence-electron chi connectivity index (χ1n) is 11.0. The van der Waals surface area contributed by atoms with Gasteiger partial charge in [-0.15, -0.1) is 0 Å². The number of hydrogen-bond acceptors (Lipinski definition) is 5. The van der Waals surface area contributed by atoms with Gasteiger partial charge in [0, 0.05) is 55.5 Å². The second-order valence-corrected chi connectivity index (χ2v) is 8.65. The molecule has 2 aromatic heterocycles. The van der Waals surface area contributed by atoms with Crippen LogP contribution in [0.4, 0.5) is 0 Å². The quantitative estimate of drug-likeness (QED) is 0.535. The zero-order chi connectivity index (χ0) is 22.9. The number of fused-ring (bicyclic) bond motifs is 7. The van der Waals surface area contributed by atoms with Crippen LogP contribution in [-0.2, 0) is 31.1 Å². The number of carbonyl (C=O) groups is 3. The van der Waals surface area contributed by atoms with Crippen molar-refractivity contribution in [2.24, 2.45) is 13.0 Å². The Balaban J connectivity index is 1.59. The zero-order valence-electron chi connectivity index (χ0n) is 18.3. The molecule has 33 heavy (non-hydrogen) atoms.